The zero-order valence-electron chi connectivity index (χ0n) is 19.5. The Labute approximate surface area is 218 Å². The highest BCUT2D eigenvalue weighted by atomic mass is 19.4. The summed E-state index contributed by atoms with van der Waals surface area (Å²) in [7, 11) is 0. The molecule has 10 nitrogen and oxygen atoms in total. The number of alkyl halides is 6. The first kappa shape index (κ1) is 25.0. The van der Waals surface area contributed by atoms with Crippen LogP contribution in [0.4, 0.5) is 32.0 Å². The minimum Gasteiger partial charge on any atom is -0.365 e. The number of pyridine rings is 1. The largest absolute Gasteiger partial charge is 0.434 e. The maximum absolute atomic E-state index is 14.5. The first-order valence-electron chi connectivity index (χ1n) is 11.2. The number of hydrogen-bond acceptors (Lipinski definition) is 6. The molecule has 0 spiro atoms. The van der Waals surface area contributed by atoms with E-state index in [1.165, 1.54) is 30.3 Å². The second kappa shape index (κ2) is 8.36. The van der Waals surface area contributed by atoms with Crippen LogP contribution in [0.5, 0.6) is 0 Å². The molecule has 0 fully saturated rings. The maximum Gasteiger partial charge on any atom is 0.434 e. The summed E-state index contributed by atoms with van der Waals surface area (Å²) in [4.78, 5) is 29.0. The monoisotopic (exact) mass is 558 g/mol. The summed E-state index contributed by atoms with van der Waals surface area (Å²) < 4.78 is 85.8. The first-order valence-corrected chi connectivity index (χ1v) is 11.2. The Kier molecular flexibility index (Phi) is 5.23. The Morgan fingerprint density at radius 2 is 1.70 bits per heavy atom. The van der Waals surface area contributed by atoms with Gasteiger partial charge in [-0.25, -0.2) is 9.67 Å². The van der Waals surface area contributed by atoms with Gasteiger partial charge in [-0.2, -0.15) is 41.6 Å². The molecule has 202 valence electrons. The van der Waals surface area contributed by atoms with Crippen molar-refractivity contribution in [3.05, 3.63) is 77.4 Å². The van der Waals surface area contributed by atoms with E-state index in [4.69, 9.17) is 5.73 Å². The SMILES string of the molecule is NC(=O)c1c(-c2cnc(-n3nccn3)c(C(F)(F)F)c2)nn(-c2ccc3c4c(cccc24)C(=O)N3)c1C(F)(F)F. The van der Waals surface area contributed by atoms with Gasteiger partial charge >= 0.3 is 12.4 Å². The molecular weight excluding hydrogens is 546 g/mol. The molecule has 16 heteroatoms. The minimum absolute atomic E-state index is 0.165. The normalized spacial score (nSPS) is 13.2. The number of amides is 2. The Balaban J connectivity index is 1.66. The summed E-state index contributed by atoms with van der Waals surface area (Å²) >= 11 is 0. The summed E-state index contributed by atoms with van der Waals surface area (Å²) in [6.45, 7) is 0. The molecule has 0 saturated heterocycles. The van der Waals surface area contributed by atoms with Gasteiger partial charge in [-0.1, -0.05) is 12.1 Å². The van der Waals surface area contributed by atoms with Crippen molar-refractivity contribution in [2.24, 2.45) is 5.73 Å². The lowest BCUT2D eigenvalue weighted by Crippen LogP contribution is -2.21. The fourth-order valence-corrected chi connectivity index (χ4v) is 4.63. The van der Waals surface area contributed by atoms with E-state index in [0.717, 1.165) is 18.6 Å². The van der Waals surface area contributed by atoms with Gasteiger partial charge in [0.15, 0.2) is 11.5 Å². The number of anilines is 1. The van der Waals surface area contributed by atoms with E-state index in [0.29, 0.717) is 26.6 Å². The molecular formula is C24H12F6N8O2. The number of aromatic nitrogens is 6. The van der Waals surface area contributed by atoms with Gasteiger partial charge < -0.3 is 11.1 Å². The molecule has 0 saturated carbocycles. The van der Waals surface area contributed by atoms with Gasteiger partial charge in [0.05, 0.1) is 23.6 Å². The number of nitrogens with one attached hydrogen (secondary N) is 1. The molecule has 0 atom stereocenters. The van der Waals surface area contributed by atoms with Crippen LogP contribution in [0.25, 0.3) is 33.5 Å². The van der Waals surface area contributed by atoms with Crippen LogP contribution in [0.15, 0.2) is 55.0 Å². The third-order valence-corrected chi connectivity index (χ3v) is 6.19. The minimum atomic E-state index is -5.23. The van der Waals surface area contributed by atoms with Crippen molar-refractivity contribution in [3.8, 4) is 22.8 Å². The third-order valence-electron chi connectivity index (χ3n) is 6.19. The molecule has 5 aromatic rings. The highest BCUT2D eigenvalue weighted by Crippen LogP contribution is 2.43. The zero-order chi connectivity index (χ0) is 28.6. The number of hydrogen-bond donors (Lipinski definition) is 2. The summed E-state index contributed by atoms with van der Waals surface area (Å²) in [6, 6.07) is 7.44. The van der Waals surface area contributed by atoms with E-state index >= 15 is 0 Å². The number of nitrogens with zero attached hydrogens (tertiary/aromatic N) is 6. The fraction of sp³-hybridized carbons (Fsp3) is 0.0833. The fourth-order valence-electron chi connectivity index (χ4n) is 4.63. The summed E-state index contributed by atoms with van der Waals surface area (Å²) in [6.07, 6.45) is -7.24. The molecule has 0 bridgehead atoms. The lowest BCUT2D eigenvalue weighted by atomic mass is 10.0. The molecule has 1 aliphatic heterocycles. The van der Waals surface area contributed by atoms with Crippen LogP contribution in [0.3, 0.4) is 0 Å². The molecule has 2 amide bonds. The zero-order valence-corrected chi connectivity index (χ0v) is 19.5. The Morgan fingerprint density at radius 1 is 0.975 bits per heavy atom. The smallest absolute Gasteiger partial charge is 0.365 e. The van der Waals surface area contributed by atoms with Crippen LogP contribution in [-0.2, 0) is 12.4 Å². The molecule has 0 unspecified atom stereocenters. The topological polar surface area (TPSA) is 134 Å². The molecule has 2 aromatic carbocycles. The van der Waals surface area contributed by atoms with Gasteiger partial charge in [0.1, 0.15) is 11.3 Å². The standard InChI is InChI=1S/C24H12F6N8O2/c25-23(26,27)13-8-10(9-32-21(13)38-33-6-7-34-38)18-17(20(31)39)19(24(28,29)30)37(36-18)15-5-4-14-16-11(15)2-1-3-12(16)22(40)35-14/h1-9H,(H2,31,39)(H,35,40). The Bertz CT molecular complexity index is 1860. The molecule has 0 radical (unpaired) electrons. The van der Waals surface area contributed by atoms with Crippen molar-refractivity contribution in [2.45, 2.75) is 12.4 Å². The summed E-state index contributed by atoms with van der Waals surface area (Å²) in [5, 5.41) is 14.3. The van der Waals surface area contributed by atoms with Gasteiger partial charge in [-0.15, -0.1) is 4.80 Å². The summed E-state index contributed by atoms with van der Waals surface area (Å²) in [5.41, 5.74) is 0.183. The first-order chi connectivity index (χ1) is 18.9. The van der Waals surface area contributed by atoms with Gasteiger partial charge in [-0.05, 0) is 24.3 Å². The van der Waals surface area contributed by atoms with Crippen molar-refractivity contribution in [2.75, 3.05) is 5.32 Å². The predicted octanol–water partition coefficient (Wildman–Crippen LogP) is 4.37. The Hall–Kier alpha value is -5.28. The van der Waals surface area contributed by atoms with E-state index < -0.39 is 58.1 Å². The van der Waals surface area contributed by atoms with Gasteiger partial charge in [0.2, 0.25) is 0 Å². The highest BCUT2D eigenvalue weighted by Gasteiger charge is 2.44. The van der Waals surface area contributed by atoms with Crippen LogP contribution in [0, 0.1) is 0 Å². The lowest BCUT2D eigenvalue weighted by molar-refractivity contribution is -0.143. The second-order valence-corrected chi connectivity index (χ2v) is 8.57. The van der Waals surface area contributed by atoms with Crippen molar-refractivity contribution < 1.29 is 35.9 Å². The quantitative estimate of drug-likeness (QED) is 0.315. The molecule has 1 aliphatic rings. The average Bonchev–Trinajstić information content (AvgIpc) is 3.62. The maximum atomic E-state index is 14.5. The van der Waals surface area contributed by atoms with E-state index in [-0.39, 0.29) is 16.6 Å². The predicted molar refractivity (Wildman–Crippen MR) is 126 cm³/mol. The number of nitrogens with two attached hydrogens (primary N) is 1. The summed E-state index contributed by atoms with van der Waals surface area (Å²) in [5.74, 6) is -2.80. The molecule has 6 rings (SSSR count). The molecule has 4 heterocycles. The number of halogens is 6. The van der Waals surface area contributed by atoms with E-state index in [2.05, 4.69) is 25.6 Å². The van der Waals surface area contributed by atoms with Crippen molar-refractivity contribution in [1.82, 2.24) is 29.8 Å². The van der Waals surface area contributed by atoms with E-state index in [1.54, 1.807) is 0 Å². The van der Waals surface area contributed by atoms with Crippen molar-refractivity contribution >= 4 is 28.3 Å². The van der Waals surface area contributed by atoms with Gasteiger partial charge in [0.25, 0.3) is 11.8 Å². The van der Waals surface area contributed by atoms with Crippen LogP contribution < -0.4 is 11.1 Å². The van der Waals surface area contributed by atoms with Crippen molar-refractivity contribution in [3.63, 3.8) is 0 Å². The van der Waals surface area contributed by atoms with Gasteiger partial charge in [0, 0.05) is 33.8 Å². The molecule has 3 aromatic heterocycles. The van der Waals surface area contributed by atoms with Crippen LogP contribution in [-0.4, -0.2) is 41.6 Å². The molecule has 40 heavy (non-hydrogen) atoms. The molecule has 0 aliphatic carbocycles. The molecule has 3 N–H and O–H groups in total. The van der Waals surface area contributed by atoms with Crippen LogP contribution in [0.1, 0.15) is 32.0 Å². The Morgan fingerprint density at radius 3 is 2.35 bits per heavy atom. The van der Waals surface area contributed by atoms with E-state index in [9.17, 15) is 35.9 Å². The van der Waals surface area contributed by atoms with Crippen molar-refractivity contribution in [1.29, 1.82) is 0 Å². The van der Waals surface area contributed by atoms with Crippen LogP contribution in [0.2, 0.25) is 0 Å². The number of carbonyl (C=O) groups is 2. The number of benzene rings is 2. The number of carbonyl (C=O) groups excluding carboxylic acids is 2. The van der Waals surface area contributed by atoms with Crippen LogP contribution >= 0.6 is 0 Å². The number of rotatable bonds is 4. The van der Waals surface area contributed by atoms with Gasteiger partial charge in [-0.3, -0.25) is 9.59 Å². The van der Waals surface area contributed by atoms with E-state index in [1.807, 2.05) is 0 Å². The lowest BCUT2D eigenvalue weighted by Gasteiger charge is -2.14. The average molecular weight is 558 g/mol. The second-order valence-electron chi connectivity index (χ2n) is 8.57. The number of primary amides is 1. The highest BCUT2D eigenvalue weighted by molar-refractivity contribution is 6.25. The third kappa shape index (κ3) is 3.75.